The minimum absolute atomic E-state index is 0.365. The molecule has 0 N–H and O–H groups in total. The first-order chi connectivity index (χ1) is 5.77. The molecule has 0 amide bonds. The van der Waals surface area contributed by atoms with E-state index < -0.39 is 0 Å². The molecule has 0 aliphatic rings. The summed E-state index contributed by atoms with van der Waals surface area (Å²) in [6.07, 6.45) is 0. The molecule has 0 aromatic heterocycles. The van der Waals surface area contributed by atoms with E-state index in [4.69, 9.17) is 4.74 Å². The van der Waals surface area contributed by atoms with E-state index in [9.17, 15) is 4.79 Å². The Balaban J connectivity index is 3.03. The number of benzene rings is 1. The Labute approximate surface area is 78.4 Å². The van der Waals surface area contributed by atoms with Crippen molar-refractivity contribution in [2.45, 2.75) is 0 Å². The van der Waals surface area contributed by atoms with E-state index in [0.717, 1.165) is 4.47 Å². The van der Waals surface area contributed by atoms with Gasteiger partial charge in [0.1, 0.15) is 0 Å². The van der Waals surface area contributed by atoms with E-state index in [1.54, 1.807) is 18.2 Å². The van der Waals surface area contributed by atoms with E-state index in [-0.39, 0.29) is 0 Å². The zero-order chi connectivity index (χ0) is 8.97. The highest BCUT2D eigenvalue weighted by Crippen LogP contribution is 2.29. The van der Waals surface area contributed by atoms with Gasteiger partial charge in [0.05, 0.1) is 7.11 Å². The predicted molar refractivity (Wildman–Crippen MR) is 47.4 cm³/mol. The molecule has 0 atom stereocenters. The van der Waals surface area contributed by atoms with Gasteiger partial charge in [-0.1, -0.05) is 15.9 Å². The minimum atomic E-state index is 0.365. The third kappa shape index (κ3) is 1.98. The average molecular weight is 231 g/mol. The van der Waals surface area contributed by atoms with Crippen LogP contribution in [0.5, 0.6) is 11.5 Å². The number of rotatable bonds is 3. The molecule has 0 bridgehead atoms. The number of hydrogen-bond donors (Lipinski definition) is 0. The molecule has 0 heterocycles. The second-order valence-corrected chi connectivity index (χ2v) is 2.92. The summed E-state index contributed by atoms with van der Waals surface area (Å²) in [7, 11) is 1.51. The third-order valence-electron chi connectivity index (χ3n) is 1.30. The molecule has 0 aliphatic carbocycles. The summed E-state index contributed by atoms with van der Waals surface area (Å²) in [5.74, 6) is 0.937. The zero-order valence-corrected chi connectivity index (χ0v) is 8.00. The highest BCUT2D eigenvalue weighted by Gasteiger charge is 2.03. The van der Waals surface area contributed by atoms with Crippen molar-refractivity contribution in [3.63, 3.8) is 0 Å². The summed E-state index contributed by atoms with van der Waals surface area (Å²) in [6, 6.07) is 5.17. The summed E-state index contributed by atoms with van der Waals surface area (Å²) in [4.78, 5) is 10.1. The van der Waals surface area contributed by atoms with Gasteiger partial charge in [-0.25, -0.2) is 0 Å². The maximum absolute atomic E-state index is 10.1. The van der Waals surface area contributed by atoms with Crippen LogP contribution in [-0.4, -0.2) is 13.6 Å². The van der Waals surface area contributed by atoms with Gasteiger partial charge in [0.2, 0.25) is 0 Å². The van der Waals surface area contributed by atoms with E-state index in [2.05, 4.69) is 20.7 Å². The van der Waals surface area contributed by atoms with Crippen LogP contribution in [-0.2, 0) is 4.79 Å². The van der Waals surface area contributed by atoms with Crippen molar-refractivity contribution in [1.29, 1.82) is 0 Å². The topological polar surface area (TPSA) is 35.5 Å². The van der Waals surface area contributed by atoms with Crippen LogP contribution in [0, 0.1) is 0 Å². The first kappa shape index (κ1) is 9.06. The quantitative estimate of drug-likeness (QED) is 0.746. The Hall–Kier alpha value is -1.03. The first-order valence-corrected chi connectivity index (χ1v) is 4.01. The smallest absolute Gasteiger partial charge is 0.298 e. The normalized spacial score (nSPS) is 9.17. The number of ether oxygens (including phenoxy) is 2. The molecule has 1 rings (SSSR count). The highest BCUT2D eigenvalue weighted by atomic mass is 79.9. The lowest BCUT2D eigenvalue weighted by atomic mass is 10.3. The van der Waals surface area contributed by atoms with Gasteiger partial charge in [-0.05, 0) is 18.2 Å². The maximum Gasteiger partial charge on any atom is 0.298 e. The minimum Gasteiger partial charge on any atom is -0.493 e. The zero-order valence-electron chi connectivity index (χ0n) is 6.41. The SMILES string of the molecule is COc1ccc(Br)cc1OC=O. The number of carbonyl (C=O) groups is 1. The van der Waals surface area contributed by atoms with E-state index >= 15 is 0 Å². The van der Waals surface area contributed by atoms with E-state index in [1.807, 2.05) is 0 Å². The number of hydrogen-bond acceptors (Lipinski definition) is 3. The molecule has 0 spiro atoms. The van der Waals surface area contributed by atoms with Crippen LogP contribution in [0.1, 0.15) is 0 Å². The molecule has 3 nitrogen and oxygen atoms in total. The summed E-state index contributed by atoms with van der Waals surface area (Å²) < 4.78 is 10.5. The Morgan fingerprint density at radius 2 is 2.17 bits per heavy atom. The second-order valence-electron chi connectivity index (χ2n) is 2.01. The van der Waals surface area contributed by atoms with Gasteiger partial charge in [-0.3, -0.25) is 4.79 Å². The van der Waals surface area contributed by atoms with Crippen LogP contribution in [0.3, 0.4) is 0 Å². The van der Waals surface area contributed by atoms with E-state index in [0.29, 0.717) is 18.0 Å². The molecular formula is C8H7BrO3. The van der Waals surface area contributed by atoms with Crippen molar-refractivity contribution in [2.24, 2.45) is 0 Å². The third-order valence-corrected chi connectivity index (χ3v) is 1.79. The van der Waals surface area contributed by atoms with Gasteiger partial charge in [0.25, 0.3) is 6.47 Å². The van der Waals surface area contributed by atoms with Crippen LogP contribution in [0.4, 0.5) is 0 Å². The van der Waals surface area contributed by atoms with Gasteiger partial charge >= 0.3 is 0 Å². The van der Waals surface area contributed by atoms with Gasteiger partial charge in [0, 0.05) is 4.47 Å². The first-order valence-electron chi connectivity index (χ1n) is 3.21. The monoisotopic (exact) mass is 230 g/mol. The lowest BCUT2D eigenvalue weighted by molar-refractivity contribution is -0.120. The molecule has 64 valence electrons. The molecular weight excluding hydrogens is 224 g/mol. The molecule has 0 saturated carbocycles. The maximum atomic E-state index is 10.1. The Kier molecular flexibility index (Phi) is 3.10. The highest BCUT2D eigenvalue weighted by molar-refractivity contribution is 9.10. The fraction of sp³-hybridized carbons (Fsp3) is 0.125. The lowest BCUT2D eigenvalue weighted by Gasteiger charge is -2.05. The van der Waals surface area contributed by atoms with Crippen molar-refractivity contribution in [3.8, 4) is 11.5 Å². The Morgan fingerprint density at radius 1 is 1.42 bits per heavy atom. The average Bonchev–Trinajstić information content (AvgIpc) is 2.05. The van der Waals surface area contributed by atoms with Crippen LogP contribution in [0.25, 0.3) is 0 Å². The molecule has 0 fully saturated rings. The van der Waals surface area contributed by atoms with Gasteiger partial charge < -0.3 is 9.47 Å². The summed E-state index contributed by atoms with van der Waals surface area (Å²) in [5.41, 5.74) is 0. The molecule has 0 unspecified atom stereocenters. The predicted octanol–water partition coefficient (Wildman–Crippen LogP) is 1.99. The Morgan fingerprint density at radius 3 is 2.75 bits per heavy atom. The lowest BCUT2D eigenvalue weighted by Crippen LogP contribution is -1.92. The summed E-state index contributed by atoms with van der Waals surface area (Å²) >= 11 is 3.24. The standard InChI is InChI=1S/C8H7BrO3/c1-11-7-3-2-6(9)4-8(7)12-5-10/h2-5H,1H3. The van der Waals surface area contributed by atoms with Crippen molar-refractivity contribution in [2.75, 3.05) is 7.11 Å². The Bertz CT molecular complexity index is 286. The van der Waals surface area contributed by atoms with Crippen LogP contribution >= 0.6 is 15.9 Å². The van der Waals surface area contributed by atoms with Crippen molar-refractivity contribution in [1.82, 2.24) is 0 Å². The van der Waals surface area contributed by atoms with Crippen molar-refractivity contribution < 1.29 is 14.3 Å². The number of methoxy groups -OCH3 is 1. The second kappa shape index (κ2) is 4.11. The molecule has 1 aromatic carbocycles. The largest absolute Gasteiger partial charge is 0.493 e. The van der Waals surface area contributed by atoms with E-state index in [1.165, 1.54) is 7.11 Å². The molecule has 0 aliphatic heterocycles. The molecule has 0 radical (unpaired) electrons. The molecule has 12 heavy (non-hydrogen) atoms. The van der Waals surface area contributed by atoms with Crippen LogP contribution < -0.4 is 9.47 Å². The molecule has 0 saturated heterocycles. The summed E-state index contributed by atoms with van der Waals surface area (Å²) in [5, 5.41) is 0. The number of carbonyl (C=O) groups excluding carboxylic acids is 1. The fourth-order valence-electron chi connectivity index (χ4n) is 0.794. The van der Waals surface area contributed by atoms with Crippen LogP contribution in [0.15, 0.2) is 22.7 Å². The van der Waals surface area contributed by atoms with Gasteiger partial charge in [-0.15, -0.1) is 0 Å². The molecule has 4 heteroatoms. The van der Waals surface area contributed by atoms with Crippen molar-refractivity contribution >= 4 is 22.4 Å². The van der Waals surface area contributed by atoms with Gasteiger partial charge in [-0.2, -0.15) is 0 Å². The molecule has 1 aromatic rings. The number of halogens is 1. The fourth-order valence-corrected chi connectivity index (χ4v) is 1.13. The van der Waals surface area contributed by atoms with Gasteiger partial charge in [0.15, 0.2) is 11.5 Å². The van der Waals surface area contributed by atoms with Crippen molar-refractivity contribution in [3.05, 3.63) is 22.7 Å². The summed E-state index contributed by atoms with van der Waals surface area (Å²) in [6.45, 7) is 0.365. The van der Waals surface area contributed by atoms with Crippen LogP contribution in [0.2, 0.25) is 0 Å².